The van der Waals surface area contributed by atoms with E-state index < -0.39 is 11.1 Å². The molecule has 1 amide bonds. The minimum absolute atomic E-state index is 0.0772. The number of nitrogens with zero attached hydrogens (tertiary/aromatic N) is 3. The monoisotopic (exact) mass is 484 g/mol. The molecule has 1 heterocycles. The number of hydrogen-bond acceptors (Lipinski definition) is 4. The number of nitrogens with one attached hydrogen (secondary N) is 1. The highest BCUT2D eigenvalue weighted by atomic mass is 16.2. The molecular weight excluding hydrogens is 452 g/mol. The Bertz CT molecular complexity index is 1430. The van der Waals surface area contributed by atoms with Crippen molar-refractivity contribution in [1.29, 1.82) is 0 Å². The molecule has 4 aromatic rings. The lowest BCUT2D eigenvalue weighted by Gasteiger charge is -2.24. The number of fused-ring (bicyclic) bond motifs is 1. The SMILES string of the molecule is CC[C@@H](CN(C)Cc1ccccc1)NC(=O)Cn1c(=O)c(=O)n(Cc2ccccc2)c2ccccc21. The van der Waals surface area contributed by atoms with Crippen molar-refractivity contribution in [1.82, 2.24) is 19.4 Å². The Kier molecular flexibility index (Phi) is 8.13. The van der Waals surface area contributed by atoms with Crippen molar-refractivity contribution in [3.63, 3.8) is 0 Å². The summed E-state index contributed by atoms with van der Waals surface area (Å²) in [4.78, 5) is 41.4. The van der Waals surface area contributed by atoms with Crippen LogP contribution in [0.15, 0.2) is 94.5 Å². The van der Waals surface area contributed by atoms with Gasteiger partial charge in [0, 0.05) is 19.1 Å². The van der Waals surface area contributed by atoms with Gasteiger partial charge in [0.25, 0.3) is 0 Å². The summed E-state index contributed by atoms with van der Waals surface area (Å²) in [6.45, 7) is 3.55. The summed E-state index contributed by atoms with van der Waals surface area (Å²) in [5.74, 6) is -0.289. The maximum absolute atomic E-state index is 13.1. The third kappa shape index (κ3) is 5.98. The highest BCUT2D eigenvalue weighted by Gasteiger charge is 2.18. The molecular formula is C29H32N4O3. The summed E-state index contributed by atoms with van der Waals surface area (Å²) in [5.41, 5.74) is 1.96. The van der Waals surface area contributed by atoms with Crippen LogP contribution in [0.25, 0.3) is 11.0 Å². The number of likely N-dealkylation sites (N-methyl/N-ethyl adjacent to an activating group) is 1. The van der Waals surface area contributed by atoms with Gasteiger partial charge in [-0.25, -0.2) is 0 Å². The highest BCUT2D eigenvalue weighted by Crippen LogP contribution is 2.13. The topological polar surface area (TPSA) is 76.3 Å². The van der Waals surface area contributed by atoms with Crippen LogP contribution in [0.4, 0.5) is 0 Å². The molecule has 0 saturated heterocycles. The molecule has 0 spiro atoms. The number of benzene rings is 3. The lowest BCUT2D eigenvalue weighted by atomic mass is 10.1. The molecule has 1 aromatic heterocycles. The Morgan fingerprint density at radius 1 is 0.806 bits per heavy atom. The van der Waals surface area contributed by atoms with E-state index in [9.17, 15) is 14.4 Å². The maximum atomic E-state index is 13.1. The zero-order valence-corrected chi connectivity index (χ0v) is 20.8. The molecule has 4 rings (SSSR count). The Hall–Kier alpha value is -3.97. The van der Waals surface area contributed by atoms with E-state index in [2.05, 4.69) is 22.3 Å². The predicted molar refractivity (Wildman–Crippen MR) is 143 cm³/mol. The second kappa shape index (κ2) is 11.6. The van der Waals surface area contributed by atoms with Gasteiger partial charge in [-0.15, -0.1) is 0 Å². The van der Waals surface area contributed by atoms with E-state index in [4.69, 9.17) is 0 Å². The van der Waals surface area contributed by atoms with Gasteiger partial charge in [-0.2, -0.15) is 0 Å². The zero-order chi connectivity index (χ0) is 25.5. The molecule has 1 atom stereocenters. The Morgan fingerprint density at radius 2 is 1.33 bits per heavy atom. The van der Waals surface area contributed by atoms with Crippen LogP contribution < -0.4 is 16.4 Å². The summed E-state index contributed by atoms with van der Waals surface area (Å²) in [5, 5.41) is 3.05. The number of para-hydroxylation sites is 2. The first-order valence-electron chi connectivity index (χ1n) is 12.2. The number of amides is 1. The van der Waals surface area contributed by atoms with Gasteiger partial charge in [0.2, 0.25) is 5.91 Å². The summed E-state index contributed by atoms with van der Waals surface area (Å²) in [6.07, 6.45) is 0.749. The van der Waals surface area contributed by atoms with Crippen LogP contribution in [-0.2, 0) is 24.4 Å². The molecule has 0 aliphatic carbocycles. The fourth-order valence-electron chi connectivity index (χ4n) is 4.48. The normalized spacial score (nSPS) is 12.1. The van der Waals surface area contributed by atoms with Crippen LogP contribution >= 0.6 is 0 Å². The van der Waals surface area contributed by atoms with Gasteiger partial charge >= 0.3 is 11.1 Å². The van der Waals surface area contributed by atoms with Crippen molar-refractivity contribution >= 4 is 16.9 Å². The molecule has 0 bridgehead atoms. The minimum atomic E-state index is -0.700. The molecule has 186 valence electrons. The van der Waals surface area contributed by atoms with Crippen LogP contribution in [0.3, 0.4) is 0 Å². The fraction of sp³-hybridized carbons (Fsp3) is 0.276. The standard InChI is InChI=1S/C29H32N4O3/c1-3-24(20-31(2)18-22-12-6-4-7-13-22)30-27(34)21-33-26-17-11-10-16-25(26)32(28(35)29(33)36)19-23-14-8-5-9-15-23/h4-17,24H,3,18-21H2,1-2H3,(H,30,34)/t24-/m0/s1. The smallest absolute Gasteiger partial charge is 0.317 e. The van der Waals surface area contributed by atoms with Crippen LogP contribution in [0, 0.1) is 0 Å². The fourth-order valence-corrected chi connectivity index (χ4v) is 4.48. The summed E-state index contributed by atoms with van der Waals surface area (Å²) < 4.78 is 2.77. The molecule has 0 fully saturated rings. The second-order valence-electron chi connectivity index (χ2n) is 9.11. The van der Waals surface area contributed by atoms with E-state index in [0.717, 1.165) is 18.5 Å². The van der Waals surface area contributed by atoms with Gasteiger partial charge in [-0.3, -0.25) is 23.5 Å². The first-order chi connectivity index (χ1) is 17.5. The first-order valence-corrected chi connectivity index (χ1v) is 12.2. The molecule has 0 aliphatic heterocycles. The van der Waals surface area contributed by atoms with E-state index in [-0.39, 0.29) is 25.0 Å². The number of carbonyl (C=O) groups excluding carboxylic acids is 1. The van der Waals surface area contributed by atoms with Crippen LogP contribution in [0.5, 0.6) is 0 Å². The molecule has 36 heavy (non-hydrogen) atoms. The van der Waals surface area contributed by atoms with Gasteiger partial charge in [0.1, 0.15) is 6.54 Å². The van der Waals surface area contributed by atoms with Crippen molar-refractivity contribution in [2.75, 3.05) is 13.6 Å². The molecule has 3 aromatic carbocycles. The number of carbonyl (C=O) groups is 1. The molecule has 7 heteroatoms. The third-order valence-electron chi connectivity index (χ3n) is 6.31. The lowest BCUT2D eigenvalue weighted by Crippen LogP contribution is -2.47. The lowest BCUT2D eigenvalue weighted by molar-refractivity contribution is -0.122. The predicted octanol–water partition coefficient (Wildman–Crippen LogP) is 3.24. The van der Waals surface area contributed by atoms with E-state index >= 15 is 0 Å². The zero-order valence-electron chi connectivity index (χ0n) is 20.8. The third-order valence-corrected chi connectivity index (χ3v) is 6.31. The largest absolute Gasteiger partial charge is 0.351 e. The van der Waals surface area contributed by atoms with Gasteiger partial charge in [-0.05, 0) is 36.7 Å². The molecule has 0 unspecified atom stereocenters. The number of hydrogen-bond donors (Lipinski definition) is 1. The van der Waals surface area contributed by atoms with Crippen LogP contribution in [0.1, 0.15) is 24.5 Å². The average molecular weight is 485 g/mol. The van der Waals surface area contributed by atoms with Gasteiger partial charge < -0.3 is 10.2 Å². The quantitative estimate of drug-likeness (QED) is 0.351. The van der Waals surface area contributed by atoms with Gasteiger partial charge in [-0.1, -0.05) is 79.7 Å². The van der Waals surface area contributed by atoms with Crippen molar-refractivity contribution in [3.8, 4) is 0 Å². The van der Waals surface area contributed by atoms with Gasteiger partial charge in [0.15, 0.2) is 0 Å². The molecule has 0 aliphatic rings. The number of aromatic nitrogens is 2. The number of rotatable bonds is 10. The first kappa shape index (κ1) is 25.1. The molecule has 7 nitrogen and oxygen atoms in total. The summed E-state index contributed by atoms with van der Waals surface area (Å²) in [7, 11) is 2.02. The maximum Gasteiger partial charge on any atom is 0.317 e. The van der Waals surface area contributed by atoms with Crippen molar-refractivity contribution in [2.45, 2.75) is 39.0 Å². The van der Waals surface area contributed by atoms with Crippen molar-refractivity contribution in [2.24, 2.45) is 0 Å². The Morgan fingerprint density at radius 3 is 1.94 bits per heavy atom. The minimum Gasteiger partial charge on any atom is -0.351 e. The Labute approximate surface area is 210 Å². The highest BCUT2D eigenvalue weighted by molar-refractivity contribution is 5.80. The van der Waals surface area contributed by atoms with Crippen LogP contribution in [-0.4, -0.2) is 39.6 Å². The van der Waals surface area contributed by atoms with E-state index in [0.29, 0.717) is 17.6 Å². The summed E-state index contributed by atoms with van der Waals surface area (Å²) in [6, 6.07) is 26.8. The van der Waals surface area contributed by atoms with Gasteiger partial charge in [0.05, 0.1) is 17.6 Å². The van der Waals surface area contributed by atoms with Crippen molar-refractivity contribution in [3.05, 3.63) is 117 Å². The van der Waals surface area contributed by atoms with Crippen LogP contribution in [0.2, 0.25) is 0 Å². The Balaban J connectivity index is 1.52. The van der Waals surface area contributed by atoms with Crippen molar-refractivity contribution < 1.29 is 4.79 Å². The van der Waals surface area contributed by atoms with E-state index in [1.54, 1.807) is 18.2 Å². The molecule has 0 saturated carbocycles. The second-order valence-corrected chi connectivity index (χ2v) is 9.11. The summed E-state index contributed by atoms with van der Waals surface area (Å²) >= 11 is 0. The van der Waals surface area contributed by atoms with E-state index in [1.165, 1.54) is 14.7 Å². The molecule has 0 radical (unpaired) electrons. The average Bonchev–Trinajstić information content (AvgIpc) is 2.90. The molecule has 1 N–H and O–H groups in total. The van der Waals surface area contributed by atoms with E-state index in [1.807, 2.05) is 68.6 Å².